The van der Waals surface area contributed by atoms with E-state index in [-0.39, 0.29) is 33.5 Å². The molecule has 0 saturated heterocycles. The van der Waals surface area contributed by atoms with Crippen molar-refractivity contribution in [3.63, 3.8) is 0 Å². The Kier molecular flexibility index (Phi) is 6.98. The van der Waals surface area contributed by atoms with Crippen LogP contribution >= 0.6 is 0 Å². The zero-order valence-electron chi connectivity index (χ0n) is 24.3. The van der Waals surface area contributed by atoms with Crippen molar-refractivity contribution < 1.29 is 24.9 Å². The van der Waals surface area contributed by atoms with E-state index in [9.17, 15) is 20.1 Å². The van der Waals surface area contributed by atoms with Gasteiger partial charge in [-0.05, 0) is 92.8 Å². The van der Waals surface area contributed by atoms with Crippen LogP contribution in [0.3, 0.4) is 0 Å². The smallest absolute Gasteiger partial charge is 0.138 e. The van der Waals surface area contributed by atoms with E-state index in [1.165, 1.54) is 11.1 Å². The average Bonchev–Trinajstić information content (AvgIpc) is 3.13. The second-order valence-corrected chi connectivity index (χ2v) is 14.7. The molecule has 0 aromatic carbocycles. The Labute approximate surface area is 219 Å². The molecular weight excluding hydrogens is 452 g/mol. The highest BCUT2D eigenvalue weighted by molar-refractivity contribution is 5.85. The van der Waals surface area contributed by atoms with Crippen LogP contribution in [0.2, 0.25) is 0 Å². The van der Waals surface area contributed by atoms with E-state index in [4.69, 9.17) is 4.74 Å². The number of aliphatic hydroxyl groups is 3. The van der Waals surface area contributed by atoms with Crippen molar-refractivity contribution in [2.45, 2.75) is 131 Å². The Morgan fingerprint density at radius 2 is 1.69 bits per heavy atom. The molecule has 0 bridgehead atoms. The van der Waals surface area contributed by atoms with Crippen molar-refractivity contribution in [1.29, 1.82) is 0 Å². The lowest BCUT2D eigenvalue weighted by Crippen LogP contribution is -2.65. The van der Waals surface area contributed by atoms with Gasteiger partial charge in [-0.15, -0.1) is 0 Å². The number of rotatable bonds is 6. The van der Waals surface area contributed by atoms with Crippen LogP contribution in [0.25, 0.3) is 0 Å². The van der Waals surface area contributed by atoms with E-state index in [2.05, 4.69) is 41.5 Å². The average molecular weight is 505 g/mol. The van der Waals surface area contributed by atoms with Gasteiger partial charge in [0.15, 0.2) is 0 Å². The lowest BCUT2D eigenvalue weighted by molar-refractivity contribution is -0.208. The van der Waals surface area contributed by atoms with Crippen molar-refractivity contribution >= 4 is 5.78 Å². The van der Waals surface area contributed by atoms with E-state index in [1.807, 2.05) is 0 Å². The molecule has 0 radical (unpaired) electrons. The maximum Gasteiger partial charge on any atom is 0.138 e. The van der Waals surface area contributed by atoms with Crippen LogP contribution < -0.4 is 0 Å². The summed E-state index contributed by atoms with van der Waals surface area (Å²) in [6, 6.07) is 0. The molecule has 0 heterocycles. The van der Waals surface area contributed by atoms with Crippen LogP contribution in [-0.2, 0) is 9.53 Å². The quantitative estimate of drug-likeness (QED) is 0.419. The van der Waals surface area contributed by atoms with Gasteiger partial charge < -0.3 is 20.1 Å². The first-order valence-electron chi connectivity index (χ1n) is 14.3. The predicted octanol–water partition coefficient (Wildman–Crippen LogP) is 5.45. The molecule has 0 unspecified atom stereocenters. The van der Waals surface area contributed by atoms with Crippen LogP contribution in [0, 0.1) is 39.4 Å². The summed E-state index contributed by atoms with van der Waals surface area (Å²) in [4.78, 5) is 12.9. The summed E-state index contributed by atoms with van der Waals surface area (Å²) in [6.07, 6.45) is 4.57. The van der Waals surface area contributed by atoms with Gasteiger partial charge in [-0.3, -0.25) is 4.79 Å². The fourth-order valence-electron chi connectivity index (χ4n) is 9.89. The number of hydrogen-bond donors (Lipinski definition) is 3. The van der Waals surface area contributed by atoms with Crippen LogP contribution in [0.5, 0.6) is 0 Å². The van der Waals surface area contributed by atoms with Gasteiger partial charge in [0, 0.05) is 18.9 Å². The molecule has 3 saturated carbocycles. The summed E-state index contributed by atoms with van der Waals surface area (Å²) in [5, 5.41) is 33.4. The molecule has 0 aliphatic heterocycles. The summed E-state index contributed by atoms with van der Waals surface area (Å²) >= 11 is 0. The molecule has 0 spiro atoms. The number of aliphatic hydroxyl groups excluding tert-OH is 3. The summed E-state index contributed by atoms with van der Waals surface area (Å²) < 4.78 is 5.41. The first-order chi connectivity index (χ1) is 16.5. The number of methoxy groups -OCH3 is 1. The largest absolute Gasteiger partial charge is 0.392 e. The van der Waals surface area contributed by atoms with E-state index < -0.39 is 23.9 Å². The standard InChI is InChI=1S/C31H52O5/c1-18(16-22(33)26(35)28(4,5)36-9)19-10-14-30(7)20(19)17-21(32)25-29(6)13-12-24(34)27(2,3)23(29)11-15-31(25,30)8/h18,21-23,25-26,32-33,35H,10-17H2,1-9H3/t18-,21+,22+,23+,25+,26-,29+,30+,31+/m1/s1. The van der Waals surface area contributed by atoms with Gasteiger partial charge >= 0.3 is 0 Å². The van der Waals surface area contributed by atoms with Crippen molar-refractivity contribution in [3.05, 3.63) is 11.1 Å². The third-order valence-electron chi connectivity index (χ3n) is 12.4. The Morgan fingerprint density at radius 3 is 2.31 bits per heavy atom. The summed E-state index contributed by atoms with van der Waals surface area (Å²) in [6.45, 7) is 17.3. The second-order valence-electron chi connectivity index (χ2n) is 14.7. The molecule has 5 heteroatoms. The van der Waals surface area contributed by atoms with Gasteiger partial charge in [0.1, 0.15) is 11.9 Å². The molecule has 0 amide bonds. The van der Waals surface area contributed by atoms with Crippen LogP contribution in [0.4, 0.5) is 0 Å². The summed E-state index contributed by atoms with van der Waals surface area (Å²) in [5.74, 6) is 1.01. The lowest BCUT2D eigenvalue weighted by Gasteiger charge is -2.69. The fourth-order valence-corrected chi connectivity index (χ4v) is 9.89. The Morgan fingerprint density at radius 1 is 1.06 bits per heavy atom. The third-order valence-corrected chi connectivity index (χ3v) is 12.4. The minimum absolute atomic E-state index is 0.00936. The number of allylic oxidation sites excluding steroid dienone is 1. The van der Waals surface area contributed by atoms with Gasteiger partial charge in [-0.1, -0.05) is 52.7 Å². The molecule has 4 aliphatic carbocycles. The molecule has 4 rings (SSSR count). The molecule has 5 nitrogen and oxygen atoms in total. The normalized spacial score (nSPS) is 42.9. The highest BCUT2D eigenvalue weighted by atomic mass is 16.5. The number of hydrogen-bond acceptors (Lipinski definition) is 5. The maximum absolute atomic E-state index is 12.9. The van der Waals surface area contributed by atoms with E-state index in [1.54, 1.807) is 21.0 Å². The molecule has 0 aromatic rings. The van der Waals surface area contributed by atoms with Gasteiger partial charge in [-0.25, -0.2) is 0 Å². The molecule has 3 N–H and O–H groups in total. The number of Topliss-reactive ketones (excluding diaryl/α,β-unsaturated/α-hetero) is 1. The minimum atomic E-state index is -0.963. The predicted molar refractivity (Wildman–Crippen MR) is 142 cm³/mol. The van der Waals surface area contributed by atoms with Gasteiger partial charge in [0.25, 0.3) is 0 Å². The molecule has 0 aromatic heterocycles. The molecule has 4 aliphatic rings. The first-order valence-corrected chi connectivity index (χ1v) is 14.3. The number of ketones is 1. The Hall–Kier alpha value is -0.750. The van der Waals surface area contributed by atoms with E-state index in [0.29, 0.717) is 31.0 Å². The number of ether oxygens (including phenoxy) is 1. The SMILES string of the molecule is COC(C)(C)[C@H](O)[C@@H](O)C[C@@H](C)C1=C2C[C@H](O)[C@H]3[C@@]4(C)CCC(=O)C(C)(C)[C@@H]4CC[C@]3(C)[C@@]2(C)CC1. The van der Waals surface area contributed by atoms with E-state index in [0.717, 1.165) is 32.1 Å². The van der Waals surface area contributed by atoms with Crippen LogP contribution in [-0.4, -0.2) is 52.1 Å². The molecule has 36 heavy (non-hydrogen) atoms. The first kappa shape index (κ1) is 28.3. The minimum Gasteiger partial charge on any atom is -0.392 e. The zero-order chi connectivity index (χ0) is 27.1. The topological polar surface area (TPSA) is 87.0 Å². The van der Waals surface area contributed by atoms with E-state index >= 15 is 0 Å². The summed E-state index contributed by atoms with van der Waals surface area (Å²) in [7, 11) is 1.56. The van der Waals surface area contributed by atoms with Gasteiger partial charge in [-0.2, -0.15) is 0 Å². The zero-order valence-corrected chi connectivity index (χ0v) is 24.3. The van der Waals surface area contributed by atoms with Crippen molar-refractivity contribution in [1.82, 2.24) is 0 Å². The number of fused-ring (bicyclic) bond motifs is 5. The maximum atomic E-state index is 12.9. The molecule has 206 valence electrons. The van der Waals surface area contributed by atoms with Gasteiger partial charge in [0.05, 0.1) is 17.8 Å². The Balaban J connectivity index is 1.66. The summed E-state index contributed by atoms with van der Waals surface area (Å²) in [5.41, 5.74) is 1.58. The van der Waals surface area contributed by atoms with Crippen LogP contribution in [0.15, 0.2) is 11.1 Å². The van der Waals surface area contributed by atoms with Crippen molar-refractivity contribution in [3.8, 4) is 0 Å². The number of carbonyl (C=O) groups excluding carboxylic acids is 1. The highest BCUT2D eigenvalue weighted by Gasteiger charge is 2.69. The monoisotopic (exact) mass is 504 g/mol. The Bertz CT molecular complexity index is 920. The van der Waals surface area contributed by atoms with Crippen LogP contribution in [0.1, 0.15) is 107 Å². The number of carbonyl (C=O) groups is 1. The molecule has 3 fully saturated rings. The third kappa shape index (κ3) is 3.81. The van der Waals surface area contributed by atoms with Gasteiger partial charge in [0.2, 0.25) is 0 Å². The highest BCUT2D eigenvalue weighted by Crippen LogP contribution is 2.74. The van der Waals surface area contributed by atoms with Crippen molar-refractivity contribution in [2.24, 2.45) is 39.4 Å². The lowest BCUT2D eigenvalue weighted by atomic mass is 9.36. The molecular formula is C31H52O5. The fraction of sp³-hybridized carbons (Fsp3) is 0.903. The van der Waals surface area contributed by atoms with Crippen molar-refractivity contribution in [2.75, 3.05) is 7.11 Å². The second kappa shape index (κ2) is 8.89. The molecule has 9 atom stereocenters.